The van der Waals surface area contributed by atoms with E-state index in [4.69, 9.17) is 11.6 Å². The van der Waals surface area contributed by atoms with Crippen molar-refractivity contribution in [1.82, 2.24) is 0 Å². The molecule has 1 N–H and O–H groups in total. The van der Waals surface area contributed by atoms with E-state index in [1.165, 1.54) is 0 Å². The van der Waals surface area contributed by atoms with Crippen molar-refractivity contribution < 1.29 is 5.11 Å². The Bertz CT molecular complexity index is 323. The van der Waals surface area contributed by atoms with Crippen LogP contribution in [-0.4, -0.2) is 10.7 Å². The molecule has 0 saturated carbocycles. The van der Waals surface area contributed by atoms with Crippen LogP contribution in [0.2, 0.25) is 5.02 Å². The first kappa shape index (κ1) is 10.3. The third kappa shape index (κ3) is 2.58. The molecule has 0 saturated heterocycles. The minimum Gasteiger partial charge on any atom is -0.386 e. The molecule has 70 valence electrons. The Morgan fingerprint density at radius 3 is 2.54 bits per heavy atom. The van der Waals surface area contributed by atoms with Gasteiger partial charge >= 0.3 is 0 Å². The van der Waals surface area contributed by atoms with Crippen LogP contribution in [0, 0.1) is 0 Å². The van der Waals surface area contributed by atoms with E-state index in [1.54, 1.807) is 26.0 Å². The normalized spacial score (nSPS) is 11.4. The first-order chi connectivity index (χ1) is 5.91. The quantitative estimate of drug-likeness (QED) is 0.771. The van der Waals surface area contributed by atoms with E-state index in [0.29, 0.717) is 10.6 Å². The van der Waals surface area contributed by atoms with Gasteiger partial charge in [-0.25, -0.2) is 0 Å². The molecule has 0 aliphatic rings. The van der Waals surface area contributed by atoms with Gasteiger partial charge in [-0.1, -0.05) is 30.3 Å². The topological polar surface area (TPSA) is 20.2 Å². The lowest BCUT2D eigenvalue weighted by Crippen LogP contribution is -2.19. The molecule has 1 rings (SSSR count). The molecule has 0 unspecified atom stereocenters. The Hall–Kier alpha value is -0.790. The highest BCUT2D eigenvalue weighted by atomic mass is 35.5. The van der Waals surface area contributed by atoms with Crippen molar-refractivity contribution >= 4 is 17.2 Å². The van der Waals surface area contributed by atoms with Crippen LogP contribution in [0.4, 0.5) is 0 Å². The predicted octanol–water partition coefficient (Wildman–Crippen LogP) is 3.12. The Morgan fingerprint density at radius 2 is 2.08 bits per heavy atom. The molecule has 1 nitrogen and oxygen atoms in total. The molecule has 1 aromatic carbocycles. The van der Waals surface area contributed by atoms with Crippen molar-refractivity contribution in [3.63, 3.8) is 0 Å². The van der Waals surface area contributed by atoms with E-state index in [9.17, 15) is 5.11 Å². The molecular formula is C11H13ClO. The number of hydrogen-bond acceptors (Lipinski definition) is 1. The molecule has 0 aromatic heterocycles. The van der Waals surface area contributed by atoms with Gasteiger partial charge in [-0.3, -0.25) is 0 Å². The fourth-order valence-electron chi connectivity index (χ4n) is 1.03. The van der Waals surface area contributed by atoms with Crippen molar-refractivity contribution in [1.29, 1.82) is 0 Å². The Morgan fingerprint density at radius 1 is 1.46 bits per heavy atom. The summed E-state index contributed by atoms with van der Waals surface area (Å²) in [5, 5.41) is 10.3. The lowest BCUT2D eigenvalue weighted by Gasteiger charge is -2.20. The first-order valence-electron chi connectivity index (χ1n) is 4.09. The summed E-state index contributed by atoms with van der Waals surface area (Å²) in [7, 11) is 0. The van der Waals surface area contributed by atoms with E-state index in [0.717, 1.165) is 5.56 Å². The van der Waals surface area contributed by atoms with Crippen LogP contribution in [0.5, 0.6) is 0 Å². The maximum Gasteiger partial charge on any atom is 0.0840 e. The Labute approximate surface area is 83.7 Å². The van der Waals surface area contributed by atoms with Gasteiger partial charge in [-0.15, -0.1) is 0 Å². The van der Waals surface area contributed by atoms with Crippen molar-refractivity contribution in [2.24, 2.45) is 0 Å². The third-order valence-corrected chi connectivity index (χ3v) is 2.15. The molecule has 0 spiro atoms. The highest BCUT2D eigenvalue weighted by Gasteiger charge is 2.18. The molecule has 1 aromatic rings. The van der Waals surface area contributed by atoms with Crippen LogP contribution in [-0.2, 0) is 0 Å². The summed E-state index contributed by atoms with van der Waals surface area (Å²) in [5.41, 5.74) is 0.653. The van der Waals surface area contributed by atoms with Gasteiger partial charge in [0.2, 0.25) is 0 Å². The van der Waals surface area contributed by atoms with Gasteiger partial charge in [0.15, 0.2) is 0 Å². The molecule has 0 aliphatic carbocycles. The largest absolute Gasteiger partial charge is 0.386 e. The van der Waals surface area contributed by atoms with Crippen LogP contribution < -0.4 is 0 Å². The zero-order chi connectivity index (χ0) is 10.1. The smallest absolute Gasteiger partial charge is 0.0840 e. The fraction of sp³-hybridized carbons (Fsp3) is 0.273. The monoisotopic (exact) mass is 196 g/mol. The van der Waals surface area contributed by atoms with Gasteiger partial charge in [-0.2, -0.15) is 0 Å². The number of benzene rings is 1. The number of hydrogen-bond donors (Lipinski definition) is 1. The number of rotatable bonds is 2. The first-order valence-corrected chi connectivity index (χ1v) is 4.47. The summed E-state index contributed by atoms with van der Waals surface area (Å²) in [6, 6.07) is 7.31. The molecule has 13 heavy (non-hydrogen) atoms. The molecule has 0 bridgehead atoms. The highest BCUT2D eigenvalue weighted by Crippen LogP contribution is 2.26. The molecule has 0 radical (unpaired) electrons. The van der Waals surface area contributed by atoms with Crippen LogP contribution in [0.25, 0.3) is 5.57 Å². The average molecular weight is 197 g/mol. The fourth-order valence-corrected chi connectivity index (χ4v) is 1.22. The van der Waals surface area contributed by atoms with Crippen molar-refractivity contribution in [3.05, 3.63) is 41.4 Å². The zero-order valence-electron chi connectivity index (χ0n) is 7.84. The molecule has 0 amide bonds. The van der Waals surface area contributed by atoms with Crippen molar-refractivity contribution in [2.45, 2.75) is 19.4 Å². The van der Waals surface area contributed by atoms with Gasteiger partial charge in [0, 0.05) is 5.02 Å². The van der Waals surface area contributed by atoms with Gasteiger partial charge in [-0.05, 0) is 37.1 Å². The Balaban J connectivity index is 3.03. The van der Waals surface area contributed by atoms with E-state index in [-0.39, 0.29) is 0 Å². The van der Waals surface area contributed by atoms with Crippen LogP contribution in [0.15, 0.2) is 30.8 Å². The van der Waals surface area contributed by atoms with E-state index in [2.05, 4.69) is 6.58 Å². The standard InChI is InChI=1S/C11H13ClO/c1-8(11(2,3)13)9-5-4-6-10(12)7-9/h4-7,13H,1H2,2-3H3. The maximum absolute atomic E-state index is 9.69. The van der Waals surface area contributed by atoms with E-state index < -0.39 is 5.60 Å². The molecule has 0 heterocycles. The van der Waals surface area contributed by atoms with Crippen LogP contribution >= 0.6 is 11.6 Å². The molecular weight excluding hydrogens is 184 g/mol. The summed E-state index contributed by atoms with van der Waals surface area (Å²) in [4.78, 5) is 0. The minimum atomic E-state index is -0.898. The average Bonchev–Trinajstić information content (AvgIpc) is 2.01. The zero-order valence-corrected chi connectivity index (χ0v) is 8.60. The highest BCUT2D eigenvalue weighted by molar-refractivity contribution is 6.30. The van der Waals surface area contributed by atoms with E-state index in [1.807, 2.05) is 12.1 Å². The maximum atomic E-state index is 9.69. The lowest BCUT2D eigenvalue weighted by atomic mass is 9.93. The number of halogens is 1. The number of aliphatic hydroxyl groups is 1. The van der Waals surface area contributed by atoms with E-state index >= 15 is 0 Å². The van der Waals surface area contributed by atoms with Crippen molar-refractivity contribution in [3.8, 4) is 0 Å². The predicted molar refractivity (Wildman–Crippen MR) is 56.8 cm³/mol. The molecule has 0 atom stereocenters. The van der Waals surface area contributed by atoms with Crippen LogP contribution in [0.1, 0.15) is 19.4 Å². The van der Waals surface area contributed by atoms with Gasteiger partial charge in [0.05, 0.1) is 5.60 Å². The van der Waals surface area contributed by atoms with Crippen LogP contribution in [0.3, 0.4) is 0 Å². The second-order valence-corrected chi connectivity index (χ2v) is 3.98. The van der Waals surface area contributed by atoms with Gasteiger partial charge < -0.3 is 5.11 Å². The molecule has 0 fully saturated rings. The second kappa shape index (κ2) is 3.52. The summed E-state index contributed by atoms with van der Waals surface area (Å²) in [6.07, 6.45) is 0. The second-order valence-electron chi connectivity index (χ2n) is 3.55. The summed E-state index contributed by atoms with van der Waals surface area (Å²) in [6.45, 7) is 7.24. The summed E-state index contributed by atoms with van der Waals surface area (Å²) >= 11 is 5.82. The SMILES string of the molecule is C=C(c1cccc(Cl)c1)C(C)(C)O. The Kier molecular flexibility index (Phi) is 2.79. The summed E-state index contributed by atoms with van der Waals surface area (Å²) in [5.74, 6) is 0. The van der Waals surface area contributed by atoms with Gasteiger partial charge in [0.1, 0.15) is 0 Å². The van der Waals surface area contributed by atoms with Crippen molar-refractivity contribution in [2.75, 3.05) is 0 Å². The minimum absolute atomic E-state index is 0.655. The lowest BCUT2D eigenvalue weighted by molar-refractivity contribution is 0.144. The molecule has 2 heteroatoms. The van der Waals surface area contributed by atoms with Gasteiger partial charge in [0.25, 0.3) is 0 Å². The summed E-state index contributed by atoms with van der Waals surface area (Å²) < 4.78 is 0. The molecule has 0 aliphatic heterocycles. The third-order valence-electron chi connectivity index (χ3n) is 1.91.